The van der Waals surface area contributed by atoms with E-state index in [1.54, 1.807) is 36.5 Å². The number of nitrogen functional groups attached to an aromatic ring is 1. The third-order valence-corrected chi connectivity index (χ3v) is 3.36. The molecule has 0 aliphatic heterocycles. The molecule has 0 saturated carbocycles. The first-order valence-electron chi connectivity index (χ1n) is 5.79. The summed E-state index contributed by atoms with van der Waals surface area (Å²) in [5.41, 5.74) is 11.0. The molecule has 0 atom stereocenters. The van der Waals surface area contributed by atoms with Gasteiger partial charge in [0.05, 0.1) is 5.75 Å². The van der Waals surface area contributed by atoms with Crippen LogP contribution in [0.4, 0.5) is 15.9 Å². The molecule has 1 amide bonds. The minimum atomic E-state index is -0.430. The second-order valence-corrected chi connectivity index (χ2v) is 4.88. The molecule has 0 spiro atoms. The van der Waals surface area contributed by atoms with Gasteiger partial charge in [0, 0.05) is 16.8 Å². The largest absolute Gasteiger partial charge is 0.399 e. The summed E-state index contributed by atoms with van der Waals surface area (Å²) in [5.74, 6) is -0.0948. The maximum absolute atomic E-state index is 13.5. The Labute approximate surface area is 119 Å². The molecule has 1 aromatic carbocycles. The predicted molar refractivity (Wildman–Crippen MR) is 77.5 cm³/mol. The van der Waals surface area contributed by atoms with Gasteiger partial charge in [-0.1, -0.05) is 6.07 Å². The molecular formula is C13H13FN4OS. The molecular weight excluding hydrogens is 279 g/mol. The molecule has 2 rings (SSSR count). The molecule has 2 aromatic rings. The Hall–Kier alpha value is -2.28. The molecule has 7 heteroatoms. The topological polar surface area (TPSA) is 80.0 Å². The van der Waals surface area contributed by atoms with Gasteiger partial charge in [-0.2, -0.15) is 0 Å². The summed E-state index contributed by atoms with van der Waals surface area (Å²) >= 11 is 1.10. The van der Waals surface area contributed by atoms with Crippen molar-refractivity contribution in [2.24, 2.45) is 0 Å². The first-order chi connectivity index (χ1) is 9.65. The van der Waals surface area contributed by atoms with Crippen LogP contribution in [0, 0.1) is 5.82 Å². The zero-order valence-corrected chi connectivity index (χ0v) is 11.3. The number of nitrogens with zero attached hydrogens (tertiary/aromatic N) is 1. The number of benzene rings is 1. The van der Waals surface area contributed by atoms with Crippen LogP contribution in [0.25, 0.3) is 0 Å². The molecule has 0 fully saturated rings. The van der Waals surface area contributed by atoms with Crippen LogP contribution < -0.4 is 16.6 Å². The Morgan fingerprint density at radius 3 is 2.90 bits per heavy atom. The van der Waals surface area contributed by atoms with E-state index >= 15 is 0 Å². The molecule has 0 saturated heterocycles. The van der Waals surface area contributed by atoms with Gasteiger partial charge in [-0.3, -0.25) is 15.6 Å². The molecule has 0 aliphatic carbocycles. The van der Waals surface area contributed by atoms with Crippen molar-refractivity contribution in [3.8, 4) is 0 Å². The van der Waals surface area contributed by atoms with Crippen molar-refractivity contribution in [1.29, 1.82) is 0 Å². The van der Waals surface area contributed by atoms with E-state index < -0.39 is 5.82 Å². The number of nitrogens with one attached hydrogen (secondary N) is 2. The van der Waals surface area contributed by atoms with Crippen molar-refractivity contribution in [1.82, 2.24) is 10.4 Å². The number of carbonyl (C=O) groups is 1. The van der Waals surface area contributed by atoms with Crippen LogP contribution in [0.3, 0.4) is 0 Å². The van der Waals surface area contributed by atoms with Gasteiger partial charge in [0.25, 0.3) is 0 Å². The lowest BCUT2D eigenvalue weighted by Crippen LogP contribution is -2.31. The second-order valence-electron chi connectivity index (χ2n) is 3.87. The highest BCUT2D eigenvalue weighted by Gasteiger charge is 2.07. The van der Waals surface area contributed by atoms with Crippen LogP contribution in [0.2, 0.25) is 0 Å². The lowest BCUT2D eigenvalue weighted by Gasteiger charge is -2.07. The molecule has 0 bridgehead atoms. The van der Waals surface area contributed by atoms with Gasteiger partial charge in [0.15, 0.2) is 0 Å². The zero-order chi connectivity index (χ0) is 14.4. The number of amides is 1. The Kier molecular flexibility index (Phi) is 4.78. The van der Waals surface area contributed by atoms with E-state index in [2.05, 4.69) is 15.8 Å². The smallest absolute Gasteiger partial charge is 0.248 e. The Balaban J connectivity index is 1.80. The van der Waals surface area contributed by atoms with E-state index in [0.29, 0.717) is 16.4 Å². The summed E-state index contributed by atoms with van der Waals surface area (Å²) < 4.78 is 13.5. The fourth-order valence-corrected chi connectivity index (χ4v) is 2.10. The Morgan fingerprint density at radius 2 is 2.20 bits per heavy atom. The first-order valence-corrected chi connectivity index (χ1v) is 6.77. The second kappa shape index (κ2) is 6.76. The zero-order valence-electron chi connectivity index (χ0n) is 10.5. The quantitative estimate of drug-likeness (QED) is 0.446. The number of anilines is 2. The maximum atomic E-state index is 13.5. The van der Waals surface area contributed by atoms with E-state index in [0.717, 1.165) is 11.8 Å². The summed E-state index contributed by atoms with van der Waals surface area (Å²) in [6.07, 6.45) is 1.60. The molecule has 1 aromatic heterocycles. The minimum absolute atomic E-state index is 0.0840. The van der Waals surface area contributed by atoms with Gasteiger partial charge in [-0.05, 0) is 30.3 Å². The van der Waals surface area contributed by atoms with Crippen LogP contribution in [-0.2, 0) is 4.79 Å². The van der Waals surface area contributed by atoms with Crippen molar-refractivity contribution in [2.75, 3.05) is 16.9 Å². The fraction of sp³-hybridized carbons (Fsp3) is 0.0769. The average molecular weight is 292 g/mol. The van der Waals surface area contributed by atoms with Gasteiger partial charge in [-0.15, -0.1) is 11.8 Å². The minimum Gasteiger partial charge on any atom is -0.399 e. The number of hydrazine groups is 1. The number of pyridine rings is 1. The van der Waals surface area contributed by atoms with Crippen molar-refractivity contribution >= 4 is 29.2 Å². The highest BCUT2D eigenvalue weighted by Crippen LogP contribution is 2.23. The summed E-state index contributed by atoms with van der Waals surface area (Å²) in [6, 6.07) is 9.65. The third-order valence-electron chi connectivity index (χ3n) is 2.31. The fourth-order valence-electron chi connectivity index (χ4n) is 1.38. The van der Waals surface area contributed by atoms with Crippen molar-refractivity contribution in [3.63, 3.8) is 0 Å². The summed E-state index contributed by atoms with van der Waals surface area (Å²) in [5, 5.41) is 0. The van der Waals surface area contributed by atoms with Gasteiger partial charge >= 0.3 is 0 Å². The van der Waals surface area contributed by atoms with E-state index in [9.17, 15) is 9.18 Å². The Morgan fingerprint density at radius 1 is 1.35 bits per heavy atom. The molecule has 0 radical (unpaired) electrons. The number of hydrogen-bond acceptors (Lipinski definition) is 5. The number of thioether (sulfide) groups is 1. The van der Waals surface area contributed by atoms with Gasteiger partial charge in [0.1, 0.15) is 11.6 Å². The standard InChI is InChI=1S/C13H13FN4OS/c14-10-7-9(15)4-5-11(10)20-8-13(19)18-17-12-3-1-2-6-16-12/h1-7H,8,15H2,(H,16,17)(H,18,19). The maximum Gasteiger partial charge on any atom is 0.248 e. The number of hydrogen-bond donors (Lipinski definition) is 3. The monoisotopic (exact) mass is 292 g/mol. The highest BCUT2D eigenvalue weighted by molar-refractivity contribution is 8.00. The third kappa shape index (κ3) is 4.13. The van der Waals surface area contributed by atoms with Crippen molar-refractivity contribution < 1.29 is 9.18 Å². The molecule has 0 unspecified atom stereocenters. The lowest BCUT2D eigenvalue weighted by molar-refractivity contribution is -0.118. The number of halogens is 1. The summed E-state index contributed by atoms with van der Waals surface area (Å²) in [4.78, 5) is 16.0. The van der Waals surface area contributed by atoms with Crippen molar-refractivity contribution in [3.05, 3.63) is 48.4 Å². The summed E-state index contributed by atoms with van der Waals surface area (Å²) in [6.45, 7) is 0. The number of rotatable bonds is 5. The van der Waals surface area contributed by atoms with Gasteiger partial charge in [-0.25, -0.2) is 9.37 Å². The molecule has 5 nitrogen and oxygen atoms in total. The lowest BCUT2D eigenvalue weighted by atomic mass is 10.3. The highest BCUT2D eigenvalue weighted by atomic mass is 32.2. The van der Waals surface area contributed by atoms with Crippen LogP contribution >= 0.6 is 11.8 Å². The van der Waals surface area contributed by atoms with E-state index in [-0.39, 0.29) is 11.7 Å². The van der Waals surface area contributed by atoms with Crippen molar-refractivity contribution in [2.45, 2.75) is 4.90 Å². The van der Waals surface area contributed by atoms with Gasteiger partial charge in [0.2, 0.25) is 5.91 Å². The van der Waals surface area contributed by atoms with Gasteiger partial charge < -0.3 is 5.73 Å². The molecule has 4 N–H and O–H groups in total. The molecule has 1 heterocycles. The Bertz CT molecular complexity index is 594. The summed E-state index contributed by atoms with van der Waals surface area (Å²) in [7, 11) is 0. The molecule has 104 valence electrons. The SMILES string of the molecule is Nc1ccc(SCC(=O)NNc2ccccn2)c(F)c1. The number of nitrogens with two attached hydrogens (primary N) is 1. The molecule has 20 heavy (non-hydrogen) atoms. The van der Waals surface area contributed by atoms with E-state index in [1.807, 2.05) is 0 Å². The molecule has 0 aliphatic rings. The normalized spacial score (nSPS) is 10.1. The van der Waals surface area contributed by atoms with Crippen LogP contribution in [-0.4, -0.2) is 16.6 Å². The van der Waals surface area contributed by atoms with Crippen LogP contribution in [0.15, 0.2) is 47.5 Å². The number of carbonyl (C=O) groups excluding carboxylic acids is 1. The van der Waals surface area contributed by atoms with Crippen LogP contribution in [0.5, 0.6) is 0 Å². The van der Waals surface area contributed by atoms with E-state index in [1.165, 1.54) is 6.07 Å². The first kappa shape index (κ1) is 14.1. The average Bonchev–Trinajstić information content (AvgIpc) is 2.45. The van der Waals surface area contributed by atoms with Crippen LogP contribution in [0.1, 0.15) is 0 Å². The number of aromatic nitrogens is 1. The predicted octanol–water partition coefficient (Wildman–Crippen LogP) is 2.04. The van der Waals surface area contributed by atoms with E-state index in [4.69, 9.17) is 5.73 Å².